The lowest BCUT2D eigenvalue weighted by atomic mass is 9.76. The number of pyridine rings is 1. The molecule has 0 unspecified atom stereocenters. The molecule has 3 aromatic rings. The number of hydrogen-bond donors (Lipinski definition) is 6. The molecule has 15 heteroatoms. The zero-order chi connectivity index (χ0) is 31.2. The number of aromatic amines is 1. The SMILES string of the molecule is COC1=CC(=O)c2c(O)c3c(c(O)c2C1=O)C(=O)[C@]1(CCc2c1c(O)c1c(=O)[nH]c(/C=N/NC4=NCCN4)cc1c2Br)C3=O. The van der Waals surface area contributed by atoms with Crippen LogP contribution < -0.4 is 16.3 Å². The summed E-state index contributed by atoms with van der Waals surface area (Å²) in [6, 6.07) is 1.55. The number of phenolic OH excluding ortho intramolecular Hbond substituents is 3. The Kier molecular flexibility index (Phi) is 5.84. The molecule has 0 amide bonds. The molecule has 4 aliphatic rings. The van der Waals surface area contributed by atoms with Crippen LogP contribution in [0.4, 0.5) is 0 Å². The molecular formula is C29H20BrN5O9. The van der Waals surface area contributed by atoms with Crippen molar-refractivity contribution in [1.29, 1.82) is 0 Å². The van der Waals surface area contributed by atoms with E-state index in [1.54, 1.807) is 6.07 Å². The summed E-state index contributed by atoms with van der Waals surface area (Å²) in [5.41, 5.74) is -2.29. The average Bonchev–Trinajstić information content (AvgIpc) is 3.71. The van der Waals surface area contributed by atoms with E-state index in [0.29, 0.717) is 29.1 Å². The lowest BCUT2D eigenvalue weighted by Crippen LogP contribution is -2.36. The highest BCUT2D eigenvalue weighted by molar-refractivity contribution is 9.10. The van der Waals surface area contributed by atoms with E-state index in [9.17, 15) is 39.3 Å². The monoisotopic (exact) mass is 661 g/mol. The number of Topliss-reactive ketones (excluding diaryl/α,β-unsaturated/α-hetero) is 3. The Hall–Kier alpha value is -5.31. The molecule has 222 valence electrons. The summed E-state index contributed by atoms with van der Waals surface area (Å²) in [7, 11) is 1.13. The third-order valence-electron chi connectivity index (χ3n) is 8.41. The van der Waals surface area contributed by atoms with Gasteiger partial charge in [0, 0.05) is 28.0 Å². The van der Waals surface area contributed by atoms with Crippen LogP contribution in [0, 0.1) is 0 Å². The Bertz CT molecular complexity index is 2110. The number of methoxy groups -OCH3 is 1. The maximum Gasteiger partial charge on any atom is 0.260 e. The summed E-state index contributed by atoms with van der Waals surface area (Å²) in [6.45, 7) is 1.27. The lowest BCUT2D eigenvalue weighted by Gasteiger charge is -2.23. The van der Waals surface area contributed by atoms with Crippen molar-refractivity contribution < 1.29 is 39.2 Å². The van der Waals surface area contributed by atoms with E-state index in [2.05, 4.69) is 41.8 Å². The van der Waals surface area contributed by atoms with E-state index in [4.69, 9.17) is 4.74 Å². The van der Waals surface area contributed by atoms with Crippen molar-refractivity contribution in [2.24, 2.45) is 10.1 Å². The van der Waals surface area contributed by atoms with Gasteiger partial charge in [-0.15, -0.1) is 0 Å². The molecule has 1 aliphatic heterocycles. The third kappa shape index (κ3) is 3.37. The molecule has 14 nitrogen and oxygen atoms in total. The van der Waals surface area contributed by atoms with Crippen molar-refractivity contribution in [3.8, 4) is 17.2 Å². The van der Waals surface area contributed by atoms with Crippen LogP contribution in [0.15, 0.2) is 37.3 Å². The Morgan fingerprint density at radius 2 is 1.75 bits per heavy atom. The first-order chi connectivity index (χ1) is 21.0. The highest BCUT2D eigenvalue weighted by Crippen LogP contribution is 2.58. The number of hydrazone groups is 1. The molecule has 6 N–H and O–H groups in total. The van der Waals surface area contributed by atoms with E-state index in [-0.39, 0.29) is 34.9 Å². The molecule has 0 fully saturated rings. The molecule has 0 bridgehead atoms. The average molecular weight is 662 g/mol. The van der Waals surface area contributed by atoms with E-state index in [1.165, 1.54) is 6.21 Å². The molecule has 2 aromatic carbocycles. The van der Waals surface area contributed by atoms with Crippen LogP contribution >= 0.6 is 15.9 Å². The normalized spacial score (nSPS) is 20.2. The molecular weight excluding hydrogens is 642 g/mol. The van der Waals surface area contributed by atoms with Crippen molar-refractivity contribution in [2.45, 2.75) is 18.3 Å². The third-order valence-corrected chi connectivity index (χ3v) is 9.32. The number of rotatable bonds is 3. The number of aliphatic imine (C=N–C) groups is 1. The molecule has 1 atom stereocenters. The molecule has 2 heterocycles. The number of guanidine groups is 1. The van der Waals surface area contributed by atoms with E-state index in [0.717, 1.165) is 13.2 Å². The standard InChI is InChI=1S/C29H20BrN5O9/c1-44-13-7-12(36)15-16(21(13)37)23(39)18-17(22(15)38)25(41)29(26(18)42)3-2-10-19(29)24(40)14-11(20(10)30)6-9(34-27(14)43)8-33-35-28-31-4-5-32-28/h6-8,38-40H,2-5H2,1H3,(H,34,43)(H2,31,32,35)/b33-8+/t29-/m0/s1. The number of H-pyrrole nitrogens is 1. The number of nitrogens with one attached hydrogen (secondary N) is 3. The number of nitrogens with zero attached hydrogens (tertiary/aromatic N) is 2. The van der Waals surface area contributed by atoms with Crippen LogP contribution in [0.5, 0.6) is 17.2 Å². The molecule has 3 aliphatic carbocycles. The lowest BCUT2D eigenvalue weighted by molar-refractivity contribution is 0.0790. The second-order valence-electron chi connectivity index (χ2n) is 10.6. The largest absolute Gasteiger partial charge is 0.507 e. The molecule has 1 spiro atoms. The highest BCUT2D eigenvalue weighted by Gasteiger charge is 2.62. The van der Waals surface area contributed by atoms with Gasteiger partial charge in [-0.1, -0.05) is 0 Å². The zero-order valence-corrected chi connectivity index (χ0v) is 24.2. The first kappa shape index (κ1) is 27.5. The van der Waals surface area contributed by atoms with Gasteiger partial charge in [0.15, 0.2) is 23.1 Å². The number of fused-ring (bicyclic) bond motifs is 5. The molecule has 44 heavy (non-hydrogen) atoms. The minimum atomic E-state index is -2.15. The van der Waals surface area contributed by atoms with Gasteiger partial charge in [0.1, 0.15) is 22.7 Å². The van der Waals surface area contributed by atoms with Crippen LogP contribution in [0.25, 0.3) is 10.8 Å². The van der Waals surface area contributed by atoms with Gasteiger partial charge in [-0.05, 0) is 40.4 Å². The Morgan fingerprint density at radius 1 is 1.05 bits per heavy atom. The molecule has 0 saturated carbocycles. The molecule has 0 saturated heterocycles. The zero-order valence-electron chi connectivity index (χ0n) is 22.6. The van der Waals surface area contributed by atoms with Crippen molar-refractivity contribution in [2.75, 3.05) is 20.2 Å². The first-order valence-electron chi connectivity index (χ1n) is 13.3. The number of ether oxygens (including phenoxy) is 1. The van der Waals surface area contributed by atoms with Gasteiger partial charge in [0.05, 0.1) is 53.2 Å². The molecule has 1 aromatic heterocycles. The quantitative estimate of drug-likeness (QED) is 0.102. The van der Waals surface area contributed by atoms with Gasteiger partial charge in [-0.3, -0.25) is 24.0 Å². The van der Waals surface area contributed by atoms with E-state index >= 15 is 0 Å². The maximum atomic E-state index is 14.2. The summed E-state index contributed by atoms with van der Waals surface area (Å²) >= 11 is 3.49. The number of carbonyl (C=O) groups excluding carboxylic acids is 4. The van der Waals surface area contributed by atoms with Crippen molar-refractivity contribution in [3.63, 3.8) is 0 Å². The van der Waals surface area contributed by atoms with E-state index < -0.39 is 79.4 Å². The van der Waals surface area contributed by atoms with Gasteiger partial charge < -0.3 is 30.4 Å². The van der Waals surface area contributed by atoms with Crippen molar-refractivity contribution in [1.82, 2.24) is 15.7 Å². The summed E-state index contributed by atoms with van der Waals surface area (Å²) in [5, 5.41) is 41.0. The summed E-state index contributed by atoms with van der Waals surface area (Å²) in [4.78, 5) is 74.2. The summed E-state index contributed by atoms with van der Waals surface area (Å²) in [6.07, 6.45) is 2.06. The number of aromatic hydroxyl groups is 3. The van der Waals surface area contributed by atoms with Crippen LogP contribution in [0.3, 0.4) is 0 Å². The second kappa shape index (κ2) is 9.34. The number of aromatic nitrogens is 1. The minimum Gasteiger partial charge on any atom is -0.507 e. The summed E-state index contributed by atoms with van der Waals surface area (Å²) < 4.78 is 5.27. The van der Waals surface area contributed by atoms with E-state index in [1.807, 2.05) is 0 Å². The summed E-state index contributed by atoms with van der Waals surface area (Å²) in [5.74, 6) is -6.31. The number of hydrogen-bond acceptors (Lipinski definition) is 13. The van der Waals surface area contributed by atoms with Gasteiger partial charge in [-0.25, -0.2) is 10.4 Å². The molecule has 0 radical (unpaired) electrons. The Morgan fingerprint density at radius 3 is 2.41 bits per heavy atom. The fourth-order valence-electron chi connectivity index (χ4n) is 6.51. The van der Waals surface area contributed by atoms with Crippen LogP contribution in [-0.2, 0) is 16.6 Å². The minimum absolute atomic E-state index is 0.0859. The van der Waals surface area contributed by atoms with Gasteiger partial charge in [0.2, 0.25) is 11.7 Å². The Balaban J connectivity index is 1.40. The topological polar surface area (TPSA) is 220 Å². The van der Waals surface area contributed by atoms with Gasteiger partial charge >= 0.3 is 0 Å². The van der Waals surface area contributed by atoms with Crippen LogP contribution in [0.1, 0.15) is 64.7 Å². The fourth-order valence-corrected chi connectivity index (χ4v) is 7.22. The Labute approximate surface area is 254 Å². The predicted molar refractivity (Wildman–Crippen MR) is 157 cm³/mol. The smallest absolute Gasteiger partial charge is 0.260 e. The van der Waals surface area contributed by atoms with Crippen LogP contribution in [-0.4, -0.2) is 75.8 Å². The molecule has 7 rings (SSSR count). The number of carbonyl (C=O) groups is 4. The number of ketones is 4. The van der Waals surface area contributed by atoms with Crippen molar-refractivity contribution >= 4 is 62.0 Å². The highest BCUT2D eigenvalue weighted by atomic mass is 79.9. The fraction of sp³-hybridized carbons (Fsp3) is 0.207. The first-order valence-corrected chi connectivity index (χ1v) is 14.1. The maximum absolute atomic E-state index is 14.2. The van der Waals surface area contributed by atoms with Crippen molar-refractivity contribution in [3.05, 3.63) is 71.8 Å². The second-order valence-corrected chi connectivity index (χ2v) is 11.3. The number of phenols is 3. The predicted octanol–water partition coefficient (Wildman–Crippen LogP) is 1.46. The van der Waals surface area contributed by atoms with Crippen LogP contribution in [0.2, 0.25) is 0 Å². The van der Waals surface area contributed by atoms with Gasteiger partial charge in [-0.2, -0.15) is 5.10 Å². The van der Waals surface area contributed by atoms with Gasteiger partial charge in [0.25, 0.3) is 5.56 Å². The number of halogens is 1. The number of benzene rings is 2. The number of allylic oxidation sites excluding steroid dienone is 2.